The molecule has 75 heavy (non-hydrogen) atoms. The molecule has 2 aliphatic heterocycles. The lowest BCUT2D eigenvalue weighted by Crippen LogP contribution is -2.32. The van der Waals surface area contributed by atoms with Crippen LogP contribution in [0.3, 0.4) is 0 Å². The first-order valence-electron chi connectivity index (χ1n) is 25.9. The van der Waals surface area contributed by atoms with E-state index in [4.69, 9.17) is 4.74 Å². The highest BCUT2D eigenvalue weighted by Crippen LogP contribution is 2.67. The topological polar surface area (TPSA) is 12.5 Å². The average Bonchev–Trinajstić information content (AvgIpc) is 3.99. The van der Waals surface area contributed by atoms with Gasteiger partial charge in [0.2, 0.25) is 0 Å². The number of hydrogen-bond acceptors (Lipinski definition) is 3. The standard InChI is InChI=1S/C72H45NOS/c1-2-19-46(20-3-1)47-37-39-49(40-38-47)51-22-7-13-31-63(51)73(50-42-43-54-53-24-6-8-25-55(53)71(62(54)45-50)56-26-9-14-33-65(56)74-66-34-15-10-27-57(66)71)64-32-18-30-60-70(64)69-52-23-5-4-21-48(52)41-44-61(69)72(60)58-28-11-16-35-67(58)75-68-36-17-12-29-59(68)72/h1-45H. The maximum Gasteiger partial charge on any atom is 0.132 e. The van der Waals surface area contributed by atoms with Crippen molar-refractivity contribution in [3.63, 3.8) is 0 Å². The van der Waals surface area contributed by atoms with E-state index >= 15 is 0 Å². The molecule has 0 atom stereocenters. The number of nitrogens with zero attached hydrogens (tertiary/aromatic N) is 1. The maximum absolute atomic E-state index is 6.82. The summed E-state index contributed by atoms with van der Waals surface area (Å²) in [7, 11) is 0. The first-order chi connectivity index (χ1) is 37.2. The largest absolute Gasteiger partial charge is 0.457 e. The van der Waals surface area contributed by atoms with Gasteiger partial charge in [-0.15, -0.1) is 0 Å². The van der Waals surface area contributed by atoms with Crippen molar-refractivity contribution in [2.75, 3.05) is 4.90 Å². The Morgan fingerprint density at radius 3 is 1.57 bits per heavy atom. The smallest absolute Gasteiger partial charge is 0.132 e. The number of anilines is 3. The second-order valence-electron chi connectivity index (χ2n) is 20.2. The van der Waals surface area contributed by atoms with E-state index in [1.54, 1.807) is 0 Å². The molecule has 2 aliphatic carbocycles. The third kappa shape index (κ3) is 5.82. The third-order valence-electron chi connectivity index (χ3n) is 16.6. The van der Waals surface area contributed by atoms with Gasteiger partial charge in [0.05, 0.1) is 22.2 Å². The zero-order chi connectivity index (χ0) is 49.2. The number of hydrogen-bond donors (Lipinski definition) is 0. The van der Waals surface area contributed by atoms with Crippen LogP contribution in [-0.2, 0) is 10.8 Å². The van der Waals surface area contributed by atoms with Gasteiger partial charge in [0.1, 0.15) is 11.5 Å². The van der Waals surface area contributed by atoms with E-state index in [0.717, 1.165) is 50.8 Å². The van der Waals surface area contributed by atoms with Gasteiger partial charge in [0.15, 0.2) is 0 Å². The van der Waals surface area contributed by atoms with Crippen LogP contribution in [0.15, 0.2) is 283 Å². The molecule has 0 radical (unpaired) electrons. The lowest BCUT2D eigenvalue weighted by Gasteiger charge is -2.40. The lowest BCUT2D eigenvalue weighted by atomic mass is 9.66. The highest BCUT2D eigenvalue weighted by molar-refractivity contribution is 7.99. The molecule has 0 bridgehead atoms. The van der Waals surface area contributed by atoms with Crippen molar-refractivity contribution in [3.8, 4) is 56.0 Å². The second-order valence-corrected chi connectivity index (χ2v) is 21.3. The minimum atomic E-state index is -0.648. The van der Waals surface area contributed by atoms with E-state index in [-0.39, 0.29) is 0 Å². The summed E-state index contributed by atoms with van der Waals surface area (Å²) in [5.74, 6) is 1.76. The molecule has 12 aromatic carbocycles. The van der Waals surface area contributed by atoms with E-state index in [2.05, 4.69) is 278 Å². The van der Waals surface area contributed by atoms with Gasteiger partial charge >= 0.3 is 0 Å². The summed E-state index contributed by atoms with van der Waals surface area (Å²) in [6, 6.07) is 102. The van der Waals surface area contributed by atoms with Crippen molar-refractivity contribution in [3.05, 3.63) is 317 Å². The average molecular weight is 972 g/mol. The molecule has 16 rings (SSSR count). The fourth-order valence-electron chi connectivity index (χ4n) is 13.6. The molecule has 2 spiro atoms. The highest BCUT2D eigenvalue weighted by atomic mass is 32.2. The SMILES string of the molecule is c1ccc(-c2ccc(-c3ccccc3N(c3ccc4c(c3)C3(c5ccccc5Oc5ccccc53)c3ccccc3-4)c3cccc4c3-c3c(ccc5ccccc35)C43c4ccccc4Sc4ccccc43)cc2)cc1. The van der Waals surface area contributed by atoms with Crippen LogP contribution in [-0.4, -0.2) is 0 Å². The number of benzene rings is 12. The lowest BCUT2D eigenvalue weighted by molar-refractivity contribution is 0.436. The summed E-state index contributed by atoms with van der Waals surface area (Å²) < 4.78 is 6.82. The Balaban J connectivity index is 1.02. The number of ether oxygens (including phenoxy) is 1. The quantitative estimate of drug-likeness (QED) is 0.171. The Morgan fingerprint density at radius 1 is 0.307 bits per heavy atom. The van der Waals surface area contributed by atoms with Gasteiger partial charge in [-0.2, -0.15) is 0 Å². The summed E-state index contributed by atoms with van der Waals surface area (Å²) in [5, 5.41) is 2.47. The third-order valence-corrected chi connectivity index (χ3v) is 17.8. The normalized spacial score (nSPS) is 14.1. The highest BCUT2D eigenvalue weighted by Gasteiger charge is 2.53. The predicted octanol–water partition coefficient (Wildman–Crippen LogP) is 18.9. The molecule has 350 valence electrons. The van der Waals surface area contributed by atoms with Crippen LogP contribution in [0.5, 0.6) is 11.5 Å². The van der Waals surface area contributed by atoms with Crippen molar-refractivity contribution in [1.82, 2.24) is 0 Å². The van der Waals surface area contributed by atoms with Crippen LogP contribution in [0.2, 0.25) is 0 Å². The summed E-state index contributed by atoms with van der Waals surface area (Å²) >= 11 is 1.89. The van der Waals surface area contributed by atoms with Gasteiger partial charge in [-0.25, -0.2) is 0 Å². The number of fused-ring (bicyclic) bond motifs is 20. The van der Waals surface area contributed by atoms with Crippen LogP contribution in [0, 0.1) is 0 Å². The molecule has 0 fully saturated rings. The van der Waals surface area contributed by atoms with Crippen LogP contribution >= 0.6 is 11.8 Å². The molecule has 3 heteroatoms. The van der Waals surface area contributed by atoms with E-state index in [0.29, 0.717) is 0 Å². The Kier molecular flexibility index (Phi) is 9.14. The fourth-order valence-corrected chi connectivity index (χ4v) is 14.8. The van der Waals surface area contributed by atoms with Gasteiger partial charge in [0, 0.05) is 37.7 Å². The van der Waals surface area contributed by atoms with Gasteiger partial charge in [-0.3, -0.25) is 0 Å². The maximum atomic E-state index is 6.82. The Morgan fingerprint density at radius 2 is 0.827 bits per heavy atom. The molecule has 4 aliphatic rings. The van der Waals surface area contributed by atoms with E-state index < -0.39 is 10.8 Å². The fraction of sp³-hybridized carbons (Fsp3) is 0.0278. The molecule has 0 saturated carbocycles. The molecule has 2 heterocycles. The first-order valence-corrected chi connectivity index (χ1v) is 26.7. The van der Waals surface area contributed by atoms with Crippen LogP contribution in [0.25, 0.3) is 55.3 Å². The second kappa shape index (κ2) is 16.2. The minimum absolute atomic E-state index is 0.583. The summed E-state index contributed by atoms with van der Waals surface area (Å²) in [6.45, 7) is 0. The zero-order valence-corrected chi connectivity index (χ0v) is 41.6. The summed E-state index contributed by atoms with van der Waals surface area (Å²) in [6.07, 6.45) is 0. The van der Waals surface area contributed by atoms with Crippen molar-refractivity contribution < 1.29 is 4.74 Å². The molecular weight excluding hydrogens is 927 g/mol. The zero-order valence-electron chi connectivity index (χ0n) is 40.7. The minimum Gasteiger partial charge on any atom is -0.457 e. The molecule has 0 saturated heterocycles. The molecule has 12 aromatic rings. The number of rotatable bonds is 5. The van der Waals surface area contributed by atoms with Crippen molar-refractivity contribution in [2.24, 2.45) is 0 Å². The number of para-hydroxylation sites is 3. The Bertz CT molecular complexity index is 4230. The molecule has 2 nitrogen and oxygen atoms in total. The van der Waals surface area contributed by atoms with Gasteiger partial charge < -0.3 is 9.64 Å². The molecule has 0 unspecified atom stereocenters. The van der Waals surface area contributed by atoms with Crippen LogP contribution < -0.4 is 9.64 Å². The monoisotopic (exact) mass is 971 g/mol. The van der Waals surface area contributed by atoms with Crippen molar-refractivity contribution in [2.45, 2.75) is 20.6 Å². The van der Waals surface area contributed by atoms with E-state index in [1.807, 2.05) is 11.8 Å². The van der Waals surface area contributed by atoms with Crippen molar-refractivity contribution >= 4 is 39.6 Å². The van der Waals surface area contributed by atoms with Crippen LogP contribution in [0.4, 0.5) is 17.1 Å². The summed E-state index contributed by atoms with van der Waals surface area (Å²) in [5.41, 5.74) is 21.8. The summed E-state index contributed by atoms with van der Waals surface area (Å²) in [4.78, 5) is 5.17. The predicted molar refractivity (Wildman–Crippen MR) is 308 cm³/mol. The Hall–Kier alpha value is -9.15. The van der Waals surface area contributed by atoms with Crippen molar-refractivity contribution in [1.29, 1.82) is 0 Å². The van der Waals surface area contributed by atoms with E-state index in [9.17, 15) is 0 Å². The van der Waals surface area contributed by atoms with Gasteiger partial charge in [-0.1, -0.05) is 236 Å². The van der Waals surface area contributed by atoms with Gasteiger partial charge in [0.25, 0.3) is 0 Å². The molecule has 0 N–H and O–H groups in total. The molecule has 0 aromatic heterocycles. The first kappa shape index (κ1) is 42.4. The molecule has 0 amide bonds. The van der Waals surface area contributed by atoms with Gasteiger partial charge in [-0.05, 0) is 126 Å². The Labute approximate surface area is 440 Å². The van der Waals surface area contributed by atoms with E-state index in [1.165, 1.54) is 87.3 Å². The molecular formula is C72H45NOS. The van der Waals surface area contributed by atoms with Crippen LogP contribution in [0.1, 0.15) is 44.5 Å².